The quantitative estimate of drug-likeness (QED) is 0.375. The Balaban J connectivity index is 2.90. The number of carbonyl (C=O) groups is 1. The number of carbonyl (C=O) groups excluding carboxylic acids is 1. The number of nitrogens with one attached hydrogen (secondary N) is 2. The number of nitrogens with zero attached hydrogens (tertiary/aromatic N) is 1. The molecule has 1 aromatic rings. The van der Waals surface area contributed by atoms with Gasteiger partial charge in [-0.3, -0.25) is 10.2 Å². The molecule has 0 saturated heterocycles. The molecule has 1 amide bonds. The van der Waals surface area contributed by atoms with Gasteiger partial charge in [0.1, 0.15) is 11.5 Å². The summed E-state index contributed by atoms with van der Waals surface area (Å²) in [6.45, 7) is 1.72. The van der Waals surface area contributed by atoms with Crippen LogP contribution in [0.1, 0.15) is 17.3 Å². The average molecular weight is 359 g/mol. The third-order valence-electron chi connectivity index (χ3n) is 2.22. The van der Waals surface area contributed by atoms with Crippen LogP contribution in [0.3, 0.4) is 0 Å². The van der Waals surface area contributed by atoms with Crippen molar-refractivity contribution in [3.63, 3.8) is 0 Å². The molecule has 20 heavy (non-hydrogen) atoms. The lowest BCUT2D eigenvalue weighted by atomic mass is 10.2. The van der Waals surface area contributed by atoms with Gasteiger partial charge < -0.3 is 10.1 Å². The minimum absolute atomic E-state index is 0.187. The van der Waals surface area contributed by atoms with Crippen molar-refractivity contribution in [2.45, 2.75) is 6.92 Å². The van der Waals surface area contributed by atoms with Crippen molar-refractivity contribution in [2.24, 2.45) is 4.99 Å². The molecule has 106 valence electrons. The topological polar surface area (TPSA) is 74.5 Å². The van der Waals surface area contributed by atoms with Gasteiger partial charge in [-0.05, 0) is 52.7 Å². The first-order valence-corrected chi connectivity index (χ1v) is 6.75. The summed E-state index contributed by atoms with van der Waals surface area (Å²) in [5.74, 6) is 0.865. The van der Waals surface area contributed by atoms with Crippen LogP contribution in [-0.4, -0.2) is 24.5 Å². The number of ether oxygens (including phenoxy) is 1. The van der Waals surface area contributed by atoms with Crippen LogP contribution in [0.25, 0.3) is 0 Å². The Morgan fingerprint density at radius 2 is 2.25 bits per heavy atom. The second-order valence-corrected chi connectivity index (χ2v) is 4.87. The van der Waals surface area contributed by atoms with Crippen molar-refractivity contribution in [3.05, 3.63) is 40.1 Å². The van der Waals surface area contributed by atoms with E-state index in [1.165, 1.54) is 6.21 Å². The molecular formula is C13H13BrClN3O2. The Labute approximate surface area is 130 Å². The van der Waals surface area contributed by atoms with Gasteiger partial charge in [-0.15, -0.1) is 0 Å². The number of amidine groups is 1. The van der Waals surface area contributed by atoms with Crippen LogP contribution in [0.2, 0.25) is 0 Å². The number of aliphatic imine (C=N–C) groups is 1. The fraction of sp³-hybridized carbons (Fsp3) is 0.154. The van der Waals surface area contributed by atoms with Gasteiger partial charge in [0, 0.05) is 18.8 Å². The van der Waals surface area contributed by atoms with Crippen molar-refractivity contribution in [3.8, 4) is 5.75 Å². The Morgan fingerprint density at radius 3 is 2.85 bits per heavy atom. The molecule has 5 nitrogen and oxygen atoms in total. The molecule has 0 aromatic heterocycles. The Bertz CT molecular complexity index is 585. The van der Waals surface area contributed by atoms with Gasteiger partial charge in [-0.2, -0.15) is 0 Å². The highest BCUT2D eigenvalue weighted by Gasteiger charge is 2.06. The van der Waals surface area contributed by atoms with E-state index in [1.54, 1.807) is 38.2 Å². The maximum absolute atomic E-state index is 11.5. The number of hydrogen-bond donors (Lipinski definition) is 2. The molecule has 1 aromatic carbocycles. The predicted octanol–water partition coefficient (Wildman–Crippen LogP) is 3.30. The fourth-order valence-corrected chi connectivity index (χ4v) is 1.51. The van der Waals surface area contributed by atoms with E-state index in [-0.39, 0.29) is 11.2 Å². The molecule has 0 heterocycles. The van der Waals surface area contributed by atoms with Crippen LogP contribution in [-0.2, 0) is 0 Å². The standard InChI is InChI=1S/C13H13BrClN3O2/c1-8(11(14)7-18-13(15)16)20-10-5-3-4-9(6-10)12(19)17-2/h3-7,16H,1-2H3,(H,17,19)/b11-8-,16-13?,18-7?. The summed E-state index contributed by atoms with van der Waals surface area (Å²) in [4.78, 5) is 15.1. The van der Waals surface area contributed by atoms with Gasteiger partial charge in [0.25, 0.3) is 5.91 Å². The minimum atomic E-state index is -0.323. The smallest absolute Gasteiger partial charge is 0.251 e. The SMILES string of the molecule is CNC(=O)c1cccc(O/C(C)=C(\Br)C=NC(=N)Cl)c1. The predicted molar refractivity (Wildman–Crippen MR) is 84.2 cm³/mol. The molecule has 0 unspecified atom stereocenters. The first-order valence-electron chi connectivity index (χ1n) is 5.58. The third-order valence-corrected chi connectivity index (χ3v) is 3.08. The first kappa shape index (κ1) is 16.4. The molecule has 0 atom stereocenters. The van der Waals surface area contributed by atoms with Crippen molar-refractivity contribution < 1.29 is 9.53 Å². The Hall–Kier alpha value is -1.66. The normalized spacial score (nSPS) is 12.0. The average Bonchev–Trinajstić information content (AvgIpc) is 2.43. The summed E-state index contributed by atoms with van der Waals surface area (Å²) < 4.78 is 6.14. The number of hydrogen-bond acceptors (Lipinski definition) is 3. The number of allylic oxidation sites excluding steroid dienone is 2. The monoisotopic (exact) mass is 357 g/mol. The van der Waals surface area contributed by atoms with E-state index < -0.39 is 0 Å². The van der Waals surface area contributed by atoms with Gasteiger partial charge in [0.15, 0.2) is 0 Å². The van der Waals surface area contributed by atoms with Gasteiger partial charge in [-0.1, -0.05) is 6.07 Å². The molecule has 0 aliphatic rings. The van der Waals surface area contributed by atoms with Crippen LogP contribution in [0, 0.1) is 5.41 Å². The van der Waals surface area contributed by atoms with Crippen molar-refractivity contribution in [2.75, 3.05) is 7.05 Å². The van der Waals surface area contributed by atoms with E-state index in [4.69, 9.17) is 21.7 Å². The molecule has 0 radical (unpaired) electrons. The summed E-state index contributed by atoms with van der Waals surface area (Å²) in [6.07, 6.45) is 1.37. The zero-order valence-corrected chi connectivity index (χ0v) is 13.2. The molecule has 0 fully saturated rings. The molecule has 7 heteroatoms. The molecule has 0 spiro atoms. The van der Waals surface area contributed by atoms with E-state index in [0.717, 1.165) is 0 Å². The summed E-state index contributed by atoms with van der Waals surface area (Å²) in [5, 5.41) is 9.20. The fourth-order valence-electron chi connectivity index (χ4n) is 1.27. The van der Waals surface area contributed by atoms with Crippen LogP contribution < -0.4 is 10.1 Å². The maximum atomic E-state index is 11.5. The molecule has 0 aliphatic carbocycles. The van der Waals surface area contributed by atoms with Crippen molar-refractivity contribution in [1.29, 1.82) is 5.41 Å². The van der Waals surface area contributed by atoms with Gasteiger partial charge in [0.05, 0.1) is 4.48 Å². The first-order chi connectivity index (χ1) is 9.43. The third kappa shape index (κ3) is 5.14. The van der Waals surface area contributed by atoms with E-state index in [0.29, 0.717) is 21.6 Å². The zero-order valence-electron chi connectivity index (χ0n) is 10.9. The second-order valence-electron chi connectivity index (χ2n) is 3.66. The van der Waals surface area contributed by atoms with E-state index in [9.17, 15) is 4.79 Å². The van der Waals surface area contributed by atoms with E-state index >= 15 is 0 Å². The zero-order chi connectivity index (χ0) is 15.1. The Morgan fingerprint density at radius 1 is 1.55 bits per heavy atom. The van der Waals surface area contributed by atoms with Crippen LogP contribution in [0.4, 0.5) is 0 Å². The lowest BCUT2D eigenvalue weighted by Crippen LogP contribution is -2.17. The van der Waals surface area contributed by atoms with E-state index in [2.05, 4.69) is 26.2 Å². The summed E-state index contributed by atoms with van der Waals surface area (Å²) >= 11 is 8.58. The molecule has 2 N–H and O–H groups in total. The van der Waals surface area contributed by atoms with Crippen LogP contribution in [0.5, 0.6) is 5.75 Å². The van der Waals surface area contributed by atoms with Gasteiger partial charge >= 0.3 is 0 Å². The van der Waals surface area contributed by atoms with Crippen LogP contribution in [0.15, 0.2) is 39.5 Å². The molecule has 0 saturated carbocycles. The minimum Gasteiger partial charge on any atom is -0.461 e. The second kappa shape index (κ2) is 7.81. The molecule has 0 aliphatic heterocycles. The number of rotatable bonds is 4. The Kier molecular flexibility index (Phi) is 6.41. The summed E-state index contributed by atoms with van der Waals surface area (Å²) in [5.41, 5.74) is 0.505. The summed E-state index contributed by atoms with van der Waals surface area (Å²) in [6, 6.07) is 6.78. The van der Waals surface area contributed by atoms with Crippen molar-refractivity contribution in [1.82, 2.24) is 5.32 Å². The number of benzene rings is 1. The number of amides is 1. The highest BCUT2D eigenvalue weighted by atomic mass is 79.9. The summed E-state index contributed by atoms with van der Waals surface area (Å²) in [7, 11) is 1.56. The maximum Gasteiger partial charge on any atom is 0.251 e. The molecule has 0 bridgehead atoms. The van der Waals surface area contributed by atoms with Crippen molar-refractivity contribution >= 4 is 44.9 Å². The van der Waals surface area contributed by atoms with Crippen LogP contribution >= 0.6 is 27.5 Å². The number of halogens is 2. The molecule has 1 rings (SSSR count). The lowest BCUT2D eigenvalue weighted by Gasteiger charge is -2.08. The lowest BCUT2D eigenvalue weighted by molar-refractivity contribution is 0.0962. The van der Waals surface area contributed by atoms with E-state index in [1.807, 2.05) is 0 Å². The van der Waals surface area contributed by atoms with Gasteiger partial charge in [0.2, 0.25) is 5.29 Å². The molecular weight excluding hydrogens is 346 g/mol. The highest BCUT2D eigenvalue weighted by Crippen LogP contribution is 2.19. The largest absolute Gasteiger partial charge is 0.461 e. The highest BCUT2D eigenvalue weighted by molar-refractivity contribution is 9.12. The van der Waals surface area contributed by atoms with Gasteiger partial charge in [-0.25, -0.2) is 4.99 Å².